The van der Waals surface area contributed by atoms with Crippen molar-refractivity contribution in [1.29, 1.82) is 0 Å². The summed E-state index contributed by atoms with van der Waals surface area (Å²) in [5.74, 6) is 1.86. The van der Waals surface area contributed by atoms with Gasteiger partial charge in [-0.2, -0.15) is 0 Å². The van der Waals surface area contributed by atoms with Crippen LogP contribution in [-0.2, 0) is 0 Å². The maximum atomic E-state index is 2.45. The second-order valence-electron chi connectivity index (χ2n) is 6.69. The van der Waals surface area contributed by atoms with E-state index in [0.717, 1.165) is 11.8 Å². The molecule has 0 bridgehead atoms. The van der Waals surface area contributed by atoms with Gasteiger partial charge in [-0.1, -0.05) is 105 Å². The van der Waals surface area contributed by atoms with Crippen molar-refractivity contribution in [2.45, 2.75) is 105 Å². The summed E-state index contributed by atoms with van der Waals surface area (Å²) < 4.78 is 0. The number of hydrogen-bond acceptors (Lipinski definition) is 0. The van der Waals surface area contributed by atoms with Crippen molar-refractivity contribution in [3.63, 3.8) is 0 Å². The van der Waals surface area contributed by atoms with E-state index in [0.29, 0.717) is 0 Å². The van der Waals surface area contributed by atoms with E-state index in [-0.39, 0.29) is 0 Å². The molecule has 0 aliphatic rings. The Labute approximate surface area is 117 Å². The van der Waals surface area contributed by atoms with E-state index in [2.05, 4.69) is 27.7 Å². The molecule has 0 fully saturated rings. The minimum absolute atomic E-state index is 0.892. The van der Waals surface area contributed by atoms with Gasteiger partial charge in [0.2, 0.25) is 0 Å². The molecular formula is C18H38. The van der Waals surface area contributed by atoms with Crippen LogP contribution >= 0.6 is 0 Å². The molecule has 0 amide bonds. The molecule has 110 valence electrons. The van der Waals surface area contributed by atoms with Crippen LogP contribution in [0.2, 0.25) is 0 Å². The summed E-state index contributed by atoms with van der Waals surface area (Å²) in [5, 5.41) is 0. The monoisotopic (exact) mass is 254 g/mol. The number of unbranched alkanes of at least 4 members (excludes halogenated alkanes) is 7. The standard InChI is InChI=1S/C18H38/c1-5-6-7-8-9-10-11-15-18(4)16-13-12-14-17(2)3/h17-18H,5-16H2,1-4H3. The average Bonchev–Trinajstić information content (AvgIpc) is 2.33. The van der Waals surface area contributed by atoms with Crippen LogP contribution in [-0.4, -0.2) is 0 Å². The minimum Gasteiger partial charge on any atom is -0.0654 e. The summed E-state index contributed by atoms with van der Waals surface area (Å²) >= 11 is 0. The molecule has 18 heavy (non-hydrogen) atoms. The first-order valence-electron chi connectivity index (χ1n) is 8.66. The lowest BCUT2D eigenvalue weighted by Crippen LogP contribution is -1.96. The molecule has 1 atom stereocenters. The van der Waals surface area contributed by atoms with E-state index in [1.165, 1.54) is 77.0 Å². The highest BCUT2D eigenvalue weighted by atomic mass is 14.1. The molecule has 0 rings (SSSR count). The lowest BCUT2D eigenvalue weighted by atomic mass is 9.95. The highest BCUT2D eigenvalue weighted by Gasteiger charge is 2.02. The van der Waals surface area contributed by atoms with Crippen LogP contribution < -0.4 is 0 Å². The number of rotatable bonds is 13. The first kappa shape index (κ1) is 18.0. The van der Waals surface area contributed by atoms with E-state index in [1.807, 2.05) is 0 Å². The van der Waals surface area contributed by atoms with Crippen molar-refractivity contribution < 1.29 is 0 Å². The van der Waals surface area contributed by atoms with Gasteiger partial charge in [-0.05, 0) is 11.8 Å². The molecule has 0 saturated carbocycles. The van der Waals surface area contributed by atoms with Crippen molar-refractivity contribution >= 4 is 0 Å². The first-order chi connectivity index (χ1) is 8.66. The molecule has 0 heterocycles. The zero-order chi connectivity index (χ0) is 13.6. The Hall–Kier alpha value is 0. The van der Waals surface area contributed by atoms with Gasteiger partial charge >= 0.3 is 0 Å². The topological polar surface area (TPSA) is 0 Å². The maximum absolute atomic E-state index is 2.45. The van der Waals surface area contributed by atoms with E-state index < -0.39 is 0 Å². The Morgan fingerprint density at radius 3 is 1.56 bits per heavy atom. The van der Waals surface area contributed by atoms with E-state index >= 15 is 0 Å². The lowest BCUT2D eigenvalue weighted by Gasteiger charge is -2.11. The zero-order valence-electron chi connectivity index (χ0n) is 13.6. The summed E-state index contributed by atoms with van der Waals surface area (Å²) in [6, 6.07) is 0. The molecule has 0 N–H and O–H groups in total. The summed E-state index contributed by atoms with van der Waals surface area (Å²) in [6.07, 6.45) is 17.4. The Balaban J connectivity index is 3.14. The van der Waals surface area contributed by atoms with Crippen LogP contribution in [0.25, 0.3) is 0 Å². The molecule has 0 aliphatic heterocycles. The van der Waals surface area contributed by atoms with Crippen molar-refractivity contribution in [2.75, 3.05) is 0 Å². The van der Waals surface area contributed by atoms with Gasteiger partial charge in [0.05, 0.1) is 0 Å². The van der Waals surface area contributed by atoms with Crippen LogP contribution in [0.1, 0.15) is 105 Å². The molecule has 0 aromatic carbocycles. The minimum atomic E-state index is 0.892. The molecule has 0 aromatic rings. The van der Waals surface area contributed by atoms with Crippen LogP contribution in [0.3, 0.4) is 0 Å². The Kier molecular flexibility index (Phi) is 13.4. The van der Waals surface area contributed by atoms with Crippen LogP contribution in [0.5, 0.6) is 0 Å². The zero-order valence-corrected chi connectivity index (χ0v) is 13.6. The molecule has 0 heteroatoms. The highest BCUT2D eigenvalue weighted by molar-refractivity contribution is 4.56. The largest absolute Gasteiger partial charge is 0.0654 e. The fourth-order valence-electron chi connectivity index (χ4n) is 2.64. The second kappa shape index (κ2) is 13.4. The third-order valence-electron chi connectivity index (χ3n) is 4.03. The molecule has 0 aliphatic carbocycles. The Bertz CT molecular complexity index is 148. The molecule has 0 spiro atoms. The van der Waals surface area contributed by atoms with Crippen LogP contribution in [0.4, 0.5) is 0 Å². The molecule has 0 aromatic heterocycles. The number of hydrogen-bond donors (Lipinski definition) is 0. The van der Waals surface area contributed by atoms with Gasteiger partial charge < -0.3 is 0 Å². The fraction of sp³-hybridized carbons (Fsp3) is 1.00. The quantitative estimate of drug-likeness (QED) is 0.311. The SMILES string of the molecule is CCCCCCCCCC(C)CCCCC(C)C. The third kappa shape index (κ3) is 14.1. The van der Waals surface area contributed by atoms with Gasteiger partial charge in [0.15, 0.2) is 0 Å². The summed E-state index contributed by atoms with van der Waals surface area (Å²) in [6.45, 7) is 9.41. The lowest BCUT2D eigenvalue weighted by molar-refractivity contribution is 0.422. The third-order valence-corrected chi connectivity index (χ3v) is 4.03. The van der Waals surface area contributed by atoms with Gasteiger partial charge in [-0.3, -0.25) is 0 Å². The van der Waals surface area contributed by atoms with E-state index in [4.69, 9.17) is 0 Å². The summed E-state index contributed by atoms with van der Waals surface area (Å²) in [4.78, 5) is 0. The normalized spacial score (nSPS) is 13.2. The maximum Gasteiger partial charge on any atom is -0.0443 e. The first-order valence-corrected chi connectivity index (χ1v) is 8.66. The molecule has 0 nitrogen and oxygen atoms in total. The van der Waals surface area contributed by atoms with Crippen molar-refractivity contribution in [1.82, 2.24) is 0 Å². The Morgan fingerprint density at radius 1 is 0.556 bits per heavy atom. The van der Waals surface area contributed by atoms with Crippen LogP contribution in [0.15, 0.2) is 0 Å². The van der Waals surface area contributed by atoms with E-state index in [9.17, 15) is 0 Å². The van der Waals surface area contributed by atoms with Gasteiger partial charge in [-0.15, -0.1) is 0 Å². The average molecular weight is 255 g/mol. The highest BCUT2D eigenvalue weighted by Crippen LogP contribution is 2.18. The second-order valence-corrected chi connectivity index (χ2v) is 6.69. The van der Waals surface area contributed by atoms with Gasteiger partial charge in [-0.25, -0.2) is 0 Å². The van der Waals surface area contributed by atoms with Gasteiger partial charge in [0, 0.05) is 0 Å². The summed E-state index contributed by atoms with van der Waals surface area (Å²) in [5.41, 5.74) is 0. The fourth-order valence-corrected chi connectivity index (χ4v) is 2.64. The Morgan fingerprint density at radius 2 is 1.00 bits per heavy atom. The molecular weight excluding hydrogens is 216 g/mol. The summed E-state index contributed by atoms with van der Waals surface area (Å²) in [7, 11) is 0. The van der Waals surface area contributed by atoms with Gasteiger partial charge in [0.25, 0.3) is 0 Å². The molecule has 0 saturated heterocycles. The van der Waals surface area contributed by atoms with Crippen molar-refractivity contribution in [3.05, 3.63) is 0 Å². The van der Waals surface area contributed by atoms with E-state index in [1.54, 1.807) is 0 Å². The predicted octanol–water partition coefficient (Wildman–Crippen LogP) is 6.98. The van der Waals surface area contributed by atoms with Crippen molar-refractivity contribution in [3.8, 4) is 0 Å². The predicted molar refractivity (Wildman–Crippen MR) is 85.1 cm³/mol. The van der Waals surface area contributed by atoms with Gasteiger partial charge in [0.1, 0.15) is 0 Å². The van der Waals surface area contributed by atoms with Crippen LogP contribution in [0, 0.1) is 11.8 Å². The molecule has 0 radical (unpaired) electrons. The van der Waals surface area contributed by atoms with Crippen molar-refractivity contribution in [2.24, 2.45) is 11.8 Å². The smallest absolute Gasteiger partial charge is 0.0443 e. The molecule has 1 unspecified atom stereocenters.